The largest absolute Gasteiger partial charge is 0.383 e. The summed E-state index contributed by atoms with van der Waals surface area (Å²) < 4.78 is 5.11. The first kappa shape index (κ1) is 12.0. The number of guanidine groups is 1. The van der Waals surface area contributed by atoms with Crippen LogP contribution < -0.4 is 10.6 Å². The predicted molar refractivity (Wildman–Crippen MR) is 58.7 cm³/mol. The highest BCUT2D eigenvalue weighted by atomic mass is 16.5. The summed E-state index contributed by atoms with van der Waals surface area (Å²) >= 11 is 0. The topological polar surface area (TPSA) is 62.7 Å². The Morgan fingerprint density at radius 2 is 2.33 bits per heavy atom. The van der Waals surface area contributed by atoms with Crippen LogP contribution in [-0.2, 0) is 9.53 Å². The second kappa shape index (κ2) is 5.70. The van der Waals surface area contributed by atoms with Crippen LogP contribution in [0.1, 0.15) is 20.3 Å². The van der Waals surface area contributed by atoms with E-state index in [1.165, 1.54) is 0 Å². The van der Waals surface area contributed by atoms with Crippen molar-refractivity contribution in [1.82, 2.24) is 10.6 Å². The minimum absolute atomic E-state index is 0.0572. The lowest BCUT2D eigenvalue weighted by Gasteiger charge is -2.20. The van der Waals surface area contributed by atoms with Crippen molar-refractivity contribution in [2.45, 2.75) is 26.3 Å². The Morgan fingerprint density at radius 3 is 2.80 bits per heavy atom. The smallest absolute Gasteiger partial charge is 0.248 e. The molecule has 0 spiro atoms. The van der Waals surface area contributed by atoms with E-state index in [-0.39, 0.29) is 18.5 Å². The minimum atomic E-state index is -0.0572. The maximum absolute atomic E-state index is 10.9. The summed E-state index contributed by atoms with van der Waals surface area (Å²) in [5.74, 6) is 1.09. The van der Waals surface area contributed by atoms with Crippen LogP contribution in [0.5, 0.6) is 0 Å². The molecule has 0 radical (unpaired) electrons. The number of nitrogens with zero attached hydrogens (tertiary/aromatic N) is 1. The van der Waals surface area contributed by atoms with E-state index in [1.807, 2.05) is 0 Å². The Morgan fingerprint density at radius 1 is 1.60 bits per heavy atom. The molecule has 0 bridgehead atoms. The molecule has 1 atom stereocenters. The standard InChI is InChI=1S/C10H19N3O2/c1-7(2)4-8(6-15-3)12-10-11-5-9(14)13-10/h7-8H,4-6H2,1-3H3,(H2,11,12,13,14)/t8-/m1/s1. The molecule has 1 amide bonds. The molecule has 0 aromatic heterocycles. The zero-order chi connectivity index (χ0) is 11.3. The van der Waals surface area contributed by atoms with Crippen LogP contribution in [0.15, 0.2) is 4.99 Å². The molecule has 15 heavy (non-hydrogen) atoms. The Balaban J connectivity index is 2.40. The van der Waals surface area contributed by atoms with Gasteiger partial charge in [0.15, 0.2) is 5.96 Å². The average Bonchev–Trinajstić information content (AvgIpc) is 2.50. The maximum Gasteiger partial charge on any atom is 0.248 e. The average molecular weight is 213 g/mol. The third-order valence-corrected chi connectivity index (χ3v) is 2.10. The Hall–Kier alpha value is -1.10. The summed E-state index contributed by atoms with van der Waals surface area (Å²) in [5.41, 5.74) is 0. The van der Waals surface area contributed by atoms with Gasteiger partial charge in [-0.15, -0.1) is 0 Å². The van der Waals surface area contributed by atoms with Crippen molar-refractivity contribution in [2.75, 3.05) is 20.3 Å². The van der Waals surface area contributed by atoms with E-state index in [0.29, 0.717) is 18.5 Å². The maximum atomic E-state index is 10.9. The zero-order valence-corrected chi connectivity index (χ0v) is 9.54. The third-order valence-electron chi connectivity index (χ3n) is 2.10. The number of nitrogens with one attached hydrogen (secondary N) is 2. The highest BCUT2D eigenvalue weighted by Crippen LogP contribution is 2.05. The highest BCUT2D eigenvalue weighted by Gasteiger charge is 2.17. The first-order valence-corrected chi connectivity index (χ1v) is 5.21. The number of hydrogen-bond donors (Lipinski definition) is 2. The van der Waals surface area contributed by atoms with Gasteiger partial charge in [-0.2, -0.15) is 0 Å². The zero-order valence-electron chi connectivity index (χ0n) is 9.54. The van der Waals surface area contributed by atoms with E-state index in [1.54, 1.807) is 7.11 Å². The van der Waals surface area contributed by atoms with E-state index in [0.717, 1.165) is 6.42 Å². The molecule has 1 heterocycles. The predicted octanol–water partition coefficient (Wildman–Crippen LogP) is 0.123. The summed E-state index contributed by atoms with van der Waals surface area (Å²) in [5, 5.41) is 5.83. The van der Waals surface area contributed by atoms with Gasteiger partial charge in [0.1, 0.15) is 6.54 Å². The number of amides is 1. The molecular formula is C10H19N3O2. The van der Waals surface area contributed by atoms with Crippen LogP contribution in [0.2, 0.25) is 0 Å². The number of hydrogen-bond acceptors (Lipinski definition) is 4. The van der Waals surface area contributed by atoms with E-state index in [9.17, 15) is 4.79 Å². The summed E-state index contributed by atoms with van der Waals surface area (Å²) in [4.78, 5) is 15.0. The van der Waals surface area contributed by atoms with Gasteiger partial charge in [-0.05, 0) is 12.3 Å². The first-order valence-electron chi connectivity index (χ1n) is 5.21. The number of ether oxygens (including phenoxy) is 1. The van der Waals surface area contributed by atoms with Crippen molar-refractivity contribution in [1.29, 1.82) is 0 Å². The van der Waals surface area contributed by atoms with Crippen LogP contribution in [-0.4, -0.2) is 38.2 Å². The summed E-state index contributed by atoms with van der Waals surface area (Å²) in [6.07, 6.45) is 0.989. The van der Waals surface area contributed by atoms with Crippen molar-refractivity contribution in [3.05, 3.63) is 0 Å². The molecule has 1 aliphatic heterocycles. The first-order chi connectivity index (χ1) is 7.11. The Kier molecular flexibility index (Phi) is 4.55. The molecule has 2 N–H and O–H groups in total. The Bertz CT molecular complexity index is 251. The molecular weight excluding hydrogens is 194 g/mol. The summed E-state index contributed by atoms with van der Waals surface area (Å²) in [7, 11) is 1.67. The molecule has 0 saturated heterocycles. The van der Waals surface area contributed by atoms with Gasteiger partial charge in [-0.1, -0.05) is 13.8 Å². The van der Waals surface area contributed by atoms with Crippen molar-refractivity contribution >= 4 is 11.9 Å². The number of rotatable bonds is 5. The molecule has 0 aliphatic carbocycles. The van der Waals surface area contributed by atoms with Crippen molar-refractivity contribution < 1.29 is 9.53 Å². The van der Waals surface area contributed by atoms with Gasteiger partial charge in [0.2, 0.25) is 5.91 Å². The third kappa shape index (κ3) is 4.29. The van der Waals surface area contributed by atoms with Crippen LogP contribution >= 0.6 is 0 Å². The van der Waals surface area contributed by atoms with Crippen molar-refractivity contribution in [3.63, 3.8) is 0 Å². The van der Waals surface area contributed by atoms with Crippen LogP contribution in [0.25, 0.3) is 0 Å². The van der Waals surface area contributed by atoms with Gasteiger partial charge in [-0.25, -0.2) is 4.99 Å². The normalized spacial score (nSPS) is 17.6. The molecule has 1 rings (SSSR count). The van der Waals surface area contributed by atoms with Gasteiger partial charge in [0.25, 0.3) is 0 Å². The SMILES string of the molecule is COC[C@@H](CC(C)C)NC1=NCC(=O)N1. The highest BCUT2D eigenvalue weighted by molar-refractivity contribution is 6.02. The number of methoxy groups -OCH3 is 1. The summed E-state index contributed by atoms with van der Waals surface area (Å²) in [6.45, 7) is 5.15. The molecule has 0 fully saturated rings. The second-order valence-electron chi connectivity index (χ2n) is 4.14. The lowest BCUT2D eigenvalue weighted by Crippen LogP contribution is -2.45. The lowest BCUT2D eigenvalue weighted by molar-refractivity contribution is -0.117. The molecule has 0 aromatic carbocycles. The monoisotopic (exact) mass is 213 g/mol. The van der Waals surface area contributed by atoms with E-state index in [2.05, 4.69) is 29.5 Å². The fourth-order valence-electron chi connectivity index (χ4n) is 1.58. The fourth-order valence-corrected chi connectivity index (χ4v) is 1.58. The van der Waals surface area contributed by atoms with Crippen molar-refractivity contribution in [3.8, 4) is 0 Å². The molecule has 0 unspecified atom stereocenters. The second-order valence-corrected chi connectivity index (χ2v) is 4.14. The molecule has 1 aliphatic rings. The van der Waals surface area contributed by atoms with Gasteiger partial charge < -0.3 is 10.1 Å². The number of carbonyl (C=O) groups is 1. The quantitative estimate of drug-likeness (QED) is 0.682. The molecule has 86 valence electrons. The van der Waals surface area contributed by atoms with E-state index in [4.69, 9.17) is 4.74 Å². The van der Waals surface area contributed by atoms with Crippen LogP contribution in [0.4, 0.5) is 0 Å². The molecule has 5 heteroatoms. The molecule has 0 saturated carbocycles. The van der Waals surface area contributed by atoms with E-state index >= 15 is 0 Å². The number of aliphatic imine (C=N–C) groups is 1. The summed E-state index contributed by atoms with van der Waals surface area (Å²) in [6, 6.07) is 0.201. The van der Waals surface area contributed by atoms with Crippen LogP contribution in [0, 0.1) is 5.92 Å². The molecule has 0 aromatic rings. The van der Waals surface area contributed by atoms with Crippen molar-refractivity contribution in [2.24, 2.45) is 10.9 Å². The van der Waals surface area contributed by atoms with Crippen LogP contribution in [0.3, 0.4) is 0 Å². The number of carbonyl (C=O) groups excluding carboxylic acids is 1. The lowest BCUT2D eigenvalue weighted by atomic mass is 10.0. The van der Waals surface area contributed by atoms with Gasteiger partial charge in [-0.3, -0.25) is 10.1 Å². The fraction of sp³-hybridized carbons (Fsp3) is 0.800. The van der Waals surface area contributed by atoms with Gasteiger partial charge in [0, 0.05) is 7.11 Å². The van der Waals surface area contributed by atoms with E-state index < -0.39 is 0 Å². The van der Waals surface area contributed by atoms with Gasteiger partial charge >= 0.3 is 0 Å². The minimum Gasteiger partial charge on any atom is -0.383 e. The van der Waals surface area contributed by atoms with Gasteiger partial charge in [0.05, 0.1) is 12.6 Å². The Labute approximate surface area is 90.3 Å². The molecule has 5 nitrogen and oxygen atoms in total.